The fourth-order valence-electron chi connectivity index (χ4n) is 5.44. The number of hydrogen-bond donors (Lipinski definition) is 1. The van der Waals surface area contributed by atoms with Crippen molar-refractivity contribution >= 4 is 23.0 Å². The van der Waals surface area contributed by atoms with E-state index in [0.717, 1.165) is 12.8 Å². The predicted octanol–water partition coefficient (Wildman–Crippen LogP) is 1.27. The molecular formula is C22H32N6O5. The van der Waals surface area contributed by atoms with Crippen LogP contribution in [0.5, 0.6) is 0 Å². The van der Waals surface area contributed by atoms with Crippen molar-refractivity contribution in [3.63, 3.8) is 0 Å². The zero-order valence-corrected chi connectivity index (χ0v) is 19.7. The van der Waals surface area contributed by atoms with Gasteiger partial charge in [-0.2, -0.15) is 0 Å². The molecule has 11 nitrogen and oxygen atoms in total. The largest absolute Gasteiger partial charge is 0.469 e. The predicted molar refractivity (Wildman–Crippen MR) is 118 cm³/mol. The zero-order valence-electron chi connectivity index (χ0n) is 19.7. The Kier molecular flexibility index (Phi) is 5.35. The maximum absolute atomic E-state index is 11.9. The van der Waals surface area contributed by atoms with Gasteiger partial charge in [0.2, 0.25) is 5.72 Å². The number of carbonyl (C=O) groups excluding carboxylic acids is 1. The molecule has 3 atom stereocenters. The third kappa shape index (κ3) is 3.58. The van der Waals surface area contributed by atoms with E-state index in [1.54, 1.807) is 6.33 Å². The highest BCUT2D eigenvalue weighted by atomic mass is 16.8. The third-order valence-corrected chi connectivity index (χ3v) is 7.06. The van der Waals surface area contributed by atoms with Gasteiger partial charge in [-0.15, -0.1) is 0 Å². The Labute approximate surface area is 192 Å². The normalized spacial score (nSPS) is 32.9. The summed E-state index contributed by atoms with van der Waals surface area (Å²) < 4.78 is 26.0. The average Bonchev–Trinajstić information content (AvgIpc) is 3.36. The fraction of sp³-hybridized carbons (Fsp3) is 0.727. The van der Waals surface area contributed by atoms with Crippen LogP contribution in [0.4, 0.5) is 5.82 Å². The fourth-order valence-corrected chi connectivity index (χ4v) is 5.44. The molecule has 3 aliphatic rings. The maximum atomic E-state index is 11.9. The molecule has 180 valence electrons. The molecule has 2 N–H and O–H groups in total. The first-order chi connectivity index (χ1) is 15.6. The van der Waals surface area contributed by atoms with Crippen molar-refractivity contribution in [1.29, 1.82) is 0 Å². The summed E-state index contributed by atoms with van der Waals surface area (Å²) in [4.78, 5) is 27.1. The third-order valence-electron chi connectivity index (χ3n) is 7.06. The average molecular weight is 461 g/mol. The lowest BCUT2D eigenvalue weighted by Crippen LogP contribution is -2.54. The molecule has 5 rings (SSSR count). The number of fused-ring (bicyclic) bond motifs is 2. The quantitative estimate of drug-likeness (QED) is 0.630. The Balaban J connectivity index is 1.42. The highest BCUT2D eigenvalue weighted by Gasteiger charge is 2.63. The zero-order chi connectivity index (χ0) is 23.5. The lowest BCUT2D eigenvalue weighted by molar-refractivity contribution is -0.206. The summed E-state index contributed by atoms with van der Waals surface area (Å²) in [6.45, 7) is 9.08. The lowest BCUT2D eigenvalue weighted by Gasteiger charge is -2.45. The Morgan fingerprint density at radius 1 is 1.33 bits per heavy atom. The molecule has 0 amide bonds. The molecule has 11 heteroatoms. The van der Waals surface area contributed by atoms with E-state index in [4.69, 9.17) is 24.7 Å². The minimum absolute atomic E-state index is 0.0303. The number of anilines is 1. The first-order valence-electron chi connectivity index (χ1n) is 11.4. The van der Waals surface area contributed by atoms with Gasteiger partial charge in [-0.1, -0.05) is 0 Å². The summed E-state index contributed by atoms with van der Waals surface area (Å²) in [6, 6.07) is 0.578. The standard InChI is InChI=1S/C22H32N6O5/c1-12(2)27(14-6-13(7-14)20(29)30-5)8-15-17-22(9-31-15,33-21(3,4)32-17)28-11-26-16-18(23)24-10-25-19(16)28/h10-15,17H,6-9H2,1-5H3,(H2,23,24,25)/t13-,14-,15-,17-,22-/m1/s1. The minimum atomic E-state index is -0.916. The number of carbonyl (C=O) groups is 1. The lowest BCUT2D eigenvalue weighted by atomic mass is 9.78. The van der Waals surface area contributed by atoms with E-state index in [1.807, 2.05) is 18.4 Å². The molecule has 4 heterocycles. The molecule has 0 aromatic carbocycles. The smallest absolute Gasteiger partial charge is 0.308 e. The van der Waals surface area contributed by atoms with Gasteiger partial charge in [0.15, 0.2) is 17.3 Å². The van der Waals surface area contributed by atoms with Crippen molar-refractivity contribution < 1.29 is 23.7 Å². The van der Waals surface area contributed by atoms with E-state index in [1.165, 1.54) is 13.4 Å². The first kappa shape index (κ1) is 22.5. The molecule has 1 saturated carbocycles. The number of nitrogen functional groups attached to an aromatic ring is 1. The van der Waals surface area contributed by atoms with Gasteiger partial charge < -0.3 is 24.7 Å². The molecule has 1 aliphatic carbocycles. The summed E-state index contributed by atoms with van der Waals surface area (Å²) >= 11 is 0. The van der Waals surface area contributed by atoms with E-state index >= 15 is 0 Å². The molecule has 2 saturated heterocycles. The van der Waals surface area contributed by atoms with Crippen LogP contribution in [0.25, 0.3) is 11.2 Å². The number of hydrogen-bond acceptors (Lipinski definition) is 10. The van der Waals surface area contributed by atoms with Crippen LogP contribution in [0.15, 0.2) is 12.7 Å². The Hall–Kier alpha value is -2.34. The minimum Gasteiger partial charge on any atom is -0.469 e. The van der Waals surface area contributed by atoms with Gasteiger partial charge in [-0.3, -0.25) is 14.3 Å². The van der Waals surface area contributed by atoms with Gasteiger partial charge in [0.25, 0.3) is 0 Å². The molecule has 0 radical (unpaired) electrons. The van der Waals surface area contributed by atoms with E-state index in [-0.39, 0.29) is 30.1 Å². The number of ether oxygens (including phenoxy) is 4. The first-order valence-corrected chi connectivity index (χ1v) is 11.4. The van der Waals surface area contributed by atoms with E-state index in [0.29, 0.717) is 36.2 Å². The van der Waals surface area contributed by atoms with Crippen LogP contribution in [0, 0.1) is 5.92 Å². The van der Waals surface area contributed by atoms with Crippen LogP contribution in [0.3, 0.4) is 0 Å². The second-order valence-corrected chi connectivity index (χ2v) is 9.92. The monoisotopic (exact) mass is 460 g/mol. The highest BCUT2D eigenvalue weighted by molar-refractivity contribution is 5.81. The summed E-state index contributed by atoms with van der Waals surface area (Å²) in [7, 11) is 1.44. The highest BCUT2D eigenvalue weighted by Crippen LogP contribution is 2.48. The topological polar surface area (TPSA) is 127 Å². The Morgan fingerprint density at radius 3 is 2.79 bits per heavy atom. The summed E-state index contributed by atoms with van der Waals surface area (Å²) in [5.41, 5.74) is 6.20. The van der Waals surface area contributed by atoms with Crippen LogP contribution >= 0.6 is 0 Å². The molecule has 33 heavy (non-hydrogen) atoms. The van der Waals surface area contributed by atoms with Gasteiger partial charge in [0.05, 0.1) is 26.0 Å². The summed E-state index contributed by atoms with van der Waals surface area (Å²) in [6.07, 6.45) is 4.07. The van der Waals surface area contributed by atoms with Gasteiger partial charge in [0, 0.05) is 18.6 Å². The number of rotatable bonds is 6. The van der Waals surface area contributed by atoms with Crippen LogP contribution in [0.1, 0.15) is 40.5 Å². The molecule has 0 bridgehead atoms. The van der Waals surface area contributed by atoms with Crippen molar-refractivity contribution in [2.45, 2.75) is 76.3 Å². The van der Waals surface area contributed by atoms with Crippen molar-refractivity contribution in [3.8, 4) is 0 Å². The van der Waals surface area contributed by atoms with Crippen LogP contribution in [-0.2, 0) is 29.5 Å². The second kappa shape index (κ2) is 7.86. The number of nitrogens with zero attached hydrogens (tertiary/aromatic N) is 5. The molecule has 3 fully saturated rings. The molecule has 0 unspecified atom stereocenters. The molecule has 2 aromatic heterocycles. The molecule has 0 spiro atoms. The van der Waals surface area contributed by atoms with Crippen LogP contribution < -0.4 is 5.73 Å². The SMILES string of the molecule is COC(=O)[C@H]1C[C@H](N(C[C@H]2OC[C@@]3(n4cnc5c(N)ncnc54)OC(C)(C)O[C@H]23)C(C)C)C1. The number of nitrogens with two attached hydrogens (primary N) is 1. The van der Waals surface area contributed by atoms with Crippen molar-refractivity contribution in [3.05, 3.63) is 12.7 Å². The summed E-state index contributed by atoms with van der Waals surface area (Å²) in [5, 5.41) is 0. The van der Waals surface area contributed by atoms with Crippen LogP contribution in [-0.4, -0.2) is 80.7 Å². The van der Waals surface area contributed by atoms with E-state index in [9.17, 15) is 4.79 Å². The number of methoxy groups -OCH3 is 1. The van der Waals surface area contributed by atoms with Gasteiger partial charge in [-0.25, -0.2) is 15.0 Å². The number of esters is 1. The molecule has 2 aliphatic heterocycles. The van der Waals surface area contributed by atoms with Crippen molar-refractivity contribution in [2.75, 3.05) is 26.0 Å². The van der Waals surface area contributed by atoms with Crippen LogP contribution in [0.2, 0.25) is 0 Å². The number of aromatic nitrogens is 4. The van der Waals surface area contributed by atoms with E-state index in [2.05, 4.69) is 33.7 Å². The van der Waals surface area contributed by atoms with E-state index < -0.39 is 11.5 Å². The van der Waals surface area contributed by atoms with Crippen molar-refractivity contribution in [1.82, 2.24) is 24.4 Å². The Bertz CT molecular complexity index is 1050. The Morgan fingerprint density at radius 2 is 2.09 bits per heavy atom. The van der Waals surface area contributed by atoms with Gasteiger partial charge >= 0.3 is 5.97 Å². The second-order valence-electron chi connectivity index (χ2n) is 9.92. The summed E-state index contributed by atoms with van der Waals surface area (Å²) in [5.74, 6) is -0.654. The van der Waals surface area contributed by atoms with Gasteiger partial charge in [-0.05, 0) is 40.5 Å². The molecule has 2 aromatic rings. The van der Waals surface area contributed by atoms with Crippen molar-refractivity contribution in [2.24, 2.45) is 5.92 Å². The molecular weight excluding hydrogens is 428 g/mol. The van der Waals surface area contributed by atoms with Gasteiger partial charge in [0.1, 0.15) is 24.1 Å². The number of imidazole rings is 1. The maximum Gasteiger partial charge on any atom is 0.308 e.